The Hall–Kier alpha value is -1.82. The number of likely N-dealkylation sites (N-methyl/N-ethyl adjacent to an activating group) is 1. The smallest absolute Gasteiger partial charge is 0.191 e. The van der Waals surface area contributed by atoms with Crippen molar-refractivity contribution in [1.29, 1.82) is 0 Å². The summed E-state index contributed by atoms with van der Waals surface area (Å²) in [5, 5.41) is 6.90. The first-order valence-electron chi connectivity index (χ1n) is 10.6. The molecule has 2 heterocycles. The molecule has 152 valence electrons. The predicted octanol–water partition coefficient (Wildman–Crippen LogP) is 2.86. The number of unbranched alkanes of at least 4 members (excludes halogenated alkanes) is 2. The Morgan fingerprint density at radius 2 is 2.00 bits per heavy atom. The van der Waals surface area contributed by atoms with Crippen LogP contribution in [0.4, 0.5) is 5.82 Å². The van der Waals surface area contributed by atoms with E-state index in [2.05, 4.69) is 65.4 Å². The van der Waals surface area contributed by atoms with Crippen molar-refractivity contribution >= 4 is 11.8 Å². The average Bonchev–Trinajstić information content (AvgIpc) is 2.67. The van der Waals surface area contributed by atoms with E-state index in [0.717, 1.165) is 44.5 Å². The molecule has 0 bridgehead atoms. The standard InChI is InChI=1S/C21H38N6/c1-5-7-8-9-18(3)25-21(22-6-2)24-17-19-10-11-23-20(16-19)27-14-12-26(4)13-15-27/h10-11,16,18H,5-9,12-15,17H2,1-4H3,(H2,22,24,25). The highest BCUT2D eigenvalue weighted by molar-refractivity contribution is 5.80. The number of hydrogen-bond donors (Lipinski definition) is 2. The fourth-order valence-corrected chi connectivity index (χ4v) is 3.26. The Balaban J connectivity index is 1.93. The van der Waals surface area contributed by atoms with Gasteiger partial charge in [0.1, 0.15) is 5.82 Å². The Labute approximate surface area is 165 Å². The number of piperazine rings is 1. The first-order chi connectivity index (χ1) is 13.1. The minimum absolute atomic E-state index is 0.438. The van der Waals surface area contributed by atoms with Crippen molar-refractivity contribution in [3.63, 3.8) is 0 Å². The Morgan fingerprint density at radius 1 is 1.22 bits per heavy atom. The number of anilines is 1. The second-order valence-corrected chi connectivity index (χ2v) is 7.55. The first kappa shape index (κ1) is 21.5. The molecule has 0 radical (unpaired) electrons. The van der Waals surface area contributed by atoms with Crippen LogP contribution < -0.4 is 15.5 Å². The van der Waals surface area contributed by atoms with E-state index in [1.165, 1.54) is 31.2 Å². The monoisotopic (exact) mass is 374 g/mol. The van der Waals surface area contributed by atoms with E-state index in [1.807, 2.05) is 6.20 Å². The van der Waals surface area contributed by atoms with Crippen LogP contribution in [0.25, 0.3) is 0 Å². The SMILES string of the molecule is CCCCCC(C)NC(=NCc1ccnc(N2CCN(C)CC2)c1)NCC. The molecule has 1 saturated heterocycles. The third kappa shape index (κ3) is 7.75. The molecule has 1 fully saturated rings. The molecule has 0 saturated carbocycles. The van der Waals surface area contributed by atoms with Gasteiger partial charge in [-0.05, 0) is 45.0 Å². The van der Waals surface area contributed by atoms with E-state index in [1.54, 1.807) is 0 Å². The summed E-state index contributed by atoms with van der Waals surface area (Å²) in [5.41, 5.74) is 1.20. The van der Waals surface area contributed by atoms with Gasteiger partial charge in [-0.1, -0.05) is 26.2 Å². The van der Waals surface area contributed by atoms with E-state index >= 15 is 0 Å². The maximum atomic E-state index is 4.79. The highest BCUT2D eigenvalue weighted by atomic mass is 15.3. The summed E-state index contributed by atoms with van der Waals surface area (Å²) in [4.78, 5) is 14.1. The number of rotatable bonds is 9. The number of aliphatic imine (C=N–C) groups is 1. The molecule has 1 aliphatic rings. The van der Waals surface area contributed by atoms with Crippen molar-refractivity contribution in [2.45, 2.75) is 59.0 Å². The third-order valence-corrected chi connectivity index (χ3v) is 5.02. The Morgan fingerprint density at radius 3 is 2.70 bits per heavy atom. The second-order valence-electron chi connectivity index (χ2n) is 7.55. The van der Waals surface area contributed by atoms with Gasteiger partial charge in [0, 0.05) is 45.0 Å². The van der Waals surface area contributed by atoms with Crippen molar-refractivity contribution in [3.05, 3.63) is 23.9 Å². The number of pyridine rings is 1. The van der Waals surface area contributed by atoms with Gasteiger partial charge in [0.15, 0.2) is 5.96 Å². The second kappa shape index (κ2) is 11.8. The molecule has 1 unspecified atom stereocenters. The Kier molecular flexibility index (Phi) is 9.39. The van der Waals surface area contributed by atoms with Crippen LogP contribution in [0.3, 0.4) is 0 Å². The molecule has 2 rings (SSSR count). The summed E-state index contributed by atoms with van der Waals surface area (Å²) in [6, 6.07) is 4.69. The van der Waals surface area contributed by atoms with E-state index in [-0.39, 0.29) is 0 Å². The molecule has 6 nitrogen and oxygen atoms in total. The molecule has 1 aromatic heterocycles. The van der Waals surface area contributed by atoms with Gasteiger partial charge in [-0.25, -0.2) is 9.98 Å². The van der Waals surface area contributed by atoms with Gasteiger partial charge in [0.2, 0.25) is 0 Å². The minimum Gasteiger partial charge on any atom is -0.357 e. The van der Waals surface area contributed by atoms with Crippen LogP contribution in [-0.4, -0.2) is 61.7 Å². The fraction of sp³-hybridized carbons (Fsp3) is 0.714. The van der Waals surface area contributed by atoms with Crippen LogP contribution in [0.2, 0.25) is 0 Å². The van der Waals surface area contributed by atoms with Crippen molar-refractivity contribution in [1.82, 2.24) is 20.5 Å². The zero-order valence-corrected chi connectivity index (χ0v) is 17.7. The summed E-state index contributed by atoms with van der Waals surface area (Å²) in [6.07, 6.45) is 6.92. The quantitative estimate of drug-likeness (QED) is 0.395. The van der Waals surface area contributed by atoms with E-state index in [0.29, 0.717) is 12.6 Å². The molecule has 0 aromatic carbocycles. The van der Waals surface area contributed by atoms with E-state index in [4.69, 9.17) is 4.99 Å². The highest BCUT2D eigenvalue weighted by Gasteiger charge is 2.15. The van der Waals surface area contributed by atoms with Crippen LogP contribution in [0.15, 0.2) is 23.3 Å². The maximum Gasteiger partial charge on any atom is 0.191 e. The van der Waals surface area contributed by atoms with Gasteiger partial charge in [-0.2, -0.15) is 0 Å². The van der Waals surface area contributed by atoms with Crippen LogP contribution in [0.1, 0.15) is 52.0 Å². The van der Waals surface area contributed by atoms with Crippen molar-refractivity contribution in [3.8, 4) is 0 Å². The van der Waals surface area contributed by atoms with Gasteiger partial charge in [0.25, 0.3) is 0 Å². The summed E-state index contributed by atoms with van der Waals surface area (Å²) in [7, 11) is 2.18. The van der Waals surface area contributed by atoms with Crippen molar-refractivity contribution in [2.75, 3.05) is 44.7 Å². The number of aromatic nitrogens is 1. The third-order valence-electron chi connectivity index (χ3n) is 5.02. The molecule has 1 aromatic rings. The molecular weight excluding hydrogens is 336 g/mol. The summed E-state index contributed by atoms with van der Waals surface area (Å²) in [6.45, 7) is 12.4. The predicted molar refractivity (Wildman–Crippen MR) is 116 cm³/mol. The van der Waals surface area contributed by atoms with Gasteiger partial charge >= 0.3 is 0 Å². The number of nitrogens with one attached hydrogen (secondary N) is 2. The summed E-state index contributed by atoms with van der Waals surface area (Å²) in [5.74, 6) is 1.97. The van der Waals surface area contributed by atoms with Gasteiger partial charge in [0.05, 0.1) is 6.54 Å². The highest BCUT2D eigenvalue weighted by Crippen LogP contribution is 2.15. The van der Waals surface area contributed by atoms with Crippen LogP contribution >= 0.6 is 0 Å². The molecule has 0 spiro atoms. The Bertz CT molecular complexity index is 566. The average molecular weight is 375 g/mol. The number of nitrogens with zero attached hydrogens (tertiary/aromatic N) is 4. The first-order valence-corrected chi connectivity index (χ1v) is 10.6. The normalized spacial score (nSPS) is 17.0. The minimum atomic E-state index is 0.438. The maximum absolute atomic E-state index is 4.79. The zero-order chi connectivity index (χ0) is 19.5. The molecule has 2 N–H and O–H groups in total. The lowest BCUT2D eigenvalue weighted by Crippen LogP contribution is -2.44. The summed E-state index contributed by atoms with van der Waals surface area (Å²) < 4.78 is 0. The van der Waals surface area contributed by atoms with E-state index in [9.17, 15) is 0 Å². The van der Waals surface area contributed by atoms with Crippen molar-refractivity contribution in [2.24, 2.45) is 4.99 Å². The lowest BCUT2D eigenvalue weighted by molar-refractivity contribution is 0.312. The molecule has 27 heavy (non-hydrogen) atoms. The number of hydrogen-bond acceptors (Lipinski definition) is 4. The topological polar surface area (TPSA) is 55.8 Å². The molecule has 1 atom stereocenters. The molecule has 0 aliphatic carbocycles. The van der Waals surface area contributed by atoms with E-state index < -0.39 is 0 Å². The van der Waals surface area contributed by atoms with Gasteiger partial charge in [-0.3, -0.25) is 0 Å². The van der Waals surface area contributed by atoms with Gasteiger partial charge < -0.3 is 20.4 Å². The van der Waals surface area contributed by atoms with Crippen LogP contribution in [0.5, 0.6) is 0 Å². The zero-order valence-electron chi connectivity index (χ0n) is 17.7. The molecule has 6 heteroatoms. The number of guanidine groups is 1. The van der Waals surface area contributed by atoms with Crippen LogP contribution in [0, 0.1) is 0 Å². The molecule has 1 aliphatic heterocycles. The van der Waals surface area contributed by atoms with Gasteiger partial charge in [-0.15, -0.1) is 0 Å². The fourth-order valence-electron chi connectivity index (χ4n) is 3.26. The largest absolute Gasteiger partial charge is 0.357 e. The summed E-state index contributed by atoms with van der Waals surface area (Å²) >= 11 is 0. The lowest BCUT2D eigenvalue weighted by atomic mass is 10.1. The van der Waals surface area contributed by atoms with Crippen molar-refractivity contribution < 1.29 is 0 Å². The molecular formula is C21H38N6. The molecule has 0 amide bonds. The van der Waals surface area contributed by atoms with Crippen LogP contribution in [-0.2, 0) is 6.54 Å². The lowest BCUT2D eigenvalue weighted by Gasteiger charge is -2.33.